The molecule has 2 unspecified atom stereocenters. The number of halogens is 2. The Bertz CT molecular complexity index is 328. The number of nitrogens with zero attached hydrogens (tertiary/aromatic N) is 2. The number of hydrogen-bond donors (Lipinski definition) is 0. The van der Waals surface area contributed by atoms with Gasteiger partial charge in [-0.2, -0.15) is 0 Å². The van der Waals surface area contributed by atoms with E-state index >= 15 is 0 Å². The van der Waals surface area contributed by atoms with Crippen LogP contribution in [-0.4, -0.2) is 23.5 Å². The fraction of sp³-hybridized carbons (Fsp3) is 0.545. The number of aromatic nitrogens is 1. The third-order valence-electron chi connectivity index (χ3n) is 2.90. The molecule has 0 saturated carbocycles. The number of hydrogen-bond acceptors (Lipinski definition) is 2. The van der Waals surface area contributed by atoms with Crippen LogP contribution < -0.4 is 4.90 Å². The maximum atomic E-state index is 12.7. The highest BCUT2D eigenvalue weighted by Crippen LogP contribution is 2.24. The van der Waals surface area contributed by atoms with Crippen molar-refractivity contribution >= 4 is 17.4 Å². The normalized spacial score (nSPS) is 26.7. The van der Waals surface area contributed by atoms with Gasteiger partial charge < -0.3 is 4.90 Å². The van der Waals surface area contributed by atoms with Gasteiger partial charge in [0.1, 0.15) is 11.6 Å². The van der Waals surface area contributed by atoms with E-state index in [1.807, 2.05) is 0 Å². The van der Waals surface area contributed by atoms with Crippen LogP contribution in [0.5, 0.6) is 0 Å². The smallest absolute Gasteiger partial charge is 0.141 e. The minimum absolute atomic E-state index is 0.158. The average Bonchev–Trinajstić information content (AvgIpc) is 2.23. The van der Waals surface area contributed by atoms with Gasteiger partial charge in [-0.1, -0.05) is 6.92 Å². The quantitative estimate of drug-likeness (QED) is 0.687. The molecule has 1 aromatic rings. The molecule has 1 aliphatic rings. The number of anilines is 1. The van der Waals surface area contributed by atoms with Crippen LogP contribution in [0.4, 0.5) is 10.2 Å². The standard InChI is InChI=1S/C11H14ClFN2/c1-8-4-5-15(7-10(8)12)11-3-2-9(13)6-14-11/h2-3,6,8,10H,4-5,7H2,1H3. The van der Waals surface area contributed by atoms with Crippen LogP contribution >= 0.6 is 11.6 Å². The summed E-state index contributed by atoms with van der Waals surface area (Å²) in [5.41, 5.74) is 0. The van der Waals surface area contributed by atoms with Gasteiger partial charge in [-0.05, 0) is 24.5 Å². The molecule has 82 valence electrons. The van der Waals surface area contributed by atoms with Crippen molar-refractivity contribution in [3.05, 3.63) is 24.1 Å². The summed E-state index contributed by atoms with van der Waals surface area (Å²) in [6.45, 7) is 3.90. The minimum Gasteiger partial charge on any atom is -0.355 e. The Balaban J connectivity index is 2.08. The molecule has 15 heavy (non-hydrogen) atoms. The van der Waals surface area contributed by atoms with E-state index in [1.165, 1.54) is 12.3 Å². The lowest BCUT2D eigenvalue weighted by atomic mass is 9.99. The molecular weight excluding hydrogens is 215 g/mol. The first-order chi connectivity index (χ1) is 7.16. The SMILES string of the molecule is CC1CCN(c2ccc(F)cn2)CC1Cl. The molecule has 1 aromatic heterocycles. The van der Waals surface area contributed by atoms with E-state index in [-0.39, 0.29) is 11.2 Å². The molecule has 2 nitrogen and oxygen atoms in total. The van der Waals surface area contributed by atoms with Crippen molar-refractivity contribution in [2.24, 2.45) is 5.92 Å². The highest BCUT2D eigenvalue weighted by molar-refractivity contribution is 6.21. The third kappa shape index (κ3) is 2.40. The lowest BCUT2D eigenvalue weighted by molar-refractivity contribution is 0.443. The monoisotopic (exact) mass is 228 g/mol. The number of pyridine rings is 1. The summed E-state index contributed by atoms with van der Waals surface area (Å²) in [5, 5.41) is 0.158. The van der Waals surface area contributed by atoms with Gasteiger partial charge in [0.05, 0.1) is 11.6 Å². The van der Waals surface area contributed by atoms with Crippen molar-refractivity contribution in [1.82, 2.24) is 4.98 Å². The molecule has 0 radical (unpaired) electrons. The average molecular weight is 229 g/mol. The summed E-state index contributed by atoms with van der Waals surface area (Å²) < 4.78 is 12.7. The number of rotatable bonds is 1. The summed E-state index contributed by atoms with van der Waals surface area (Å²) in [5.74, 6) is 1.06. The summed E-state index contributed by atoms with van der Waals surface area (Å²) in [6.07, 6.45) is 2.31. The topological polar surface area (TPSA) is 16.1 Å². The fourth-order valence-electron chi connectivity index (χ4n) is 1.79. The summed E-state index contributed by atoms with van der Waals surface area (Å²) in [4.78, 5) is 6.16. The Hall–Kier alpha value is -0.830. The maximum Gasteiger partial charge on any atom is 0.141 e. The predicted molar refractivity (Wildman–Crippen MR) is 59.8 cm³/mol. The first-order valence-electron chi connectivity index (χ1n) is 5.17. The Labute approximate surface area is 94.1 Å². The predicted octanol–water partition coefficient (Wildman–Crippen LogP) is 2.67. The van der Waals surface area contributed by atoms with Crippen molar-refractivity contribution in [3.8, 4) is 0 Å². The second-order valence-electron chi connectivity index (χ2n) is 4.06. The maximum absolute atomic E-state index is 12.7. The second kappa shape index (κ2) is 4.35. The van der Waals surface area contributed by atoms with Gasteiger partial charge >= 0.3 is 0 Å². The van der Waals surface area contributed by atoms with Crippen molar-refractivity contribution in [3.63, 3.8) is 0 Å². The van der Waals surface area contributed by atoms with Crippen LogP contribution in [0.1, 0.15) is 13.3 Å². The minimum atomic E-state index is -0.299. The number of piperidine rings is 1. The van der Waals surface area contributed by atoms with E-state index in [1.54, 1.807) is 6.07 Å². The molecule has 0 amide bonds. The summed E-state index contributed by atoms with van der Waals surface area (Å²) in [7, 11) is 0. The molecule has 2 rings (SSSR count). The van der Waals surface area contributed by atoms with E-state index in [0.29, 0.717) is 5.92 Å². The van der Waals surface area contributed by atoms with Crippen molar-refractivity contribution in [1.29, 1.82) is 0 Å². The number of alkyl halides is 1. The Kier molecular flexibility index (Phi) is 3.10. The van der Waals surface area contributed by atoms with Crippen LogP contribution in [0.25, 0.3) is 0 Å². The van der Waals surface area contributed by atoms with Crippen LogP contribution in [-0.2, 0) is 0 Å². The van der Waals surface area contributed by atoms with Crippen LogP contribution in [0.2, 0.25) is 0 Å². The lowest BCUT2D eigenvalue weighted by Gasteiger charge is -2.34. The Morgan fingerprint density at radius 2 is 2.33 bits per heavy atom. The molecule has 0 aromatic carbocycles. The molecule has 0 spiro atoms. The zero-order valence-corrected chi connectivity index (χ0v) is 9.41. The molecule has 1 fully saturated rings. The molecule has 1 aliphatic heterocycles. The highest BCUT2D eigenvalue weighted by atomic mass is 35.5. The third-order valence-corrected chi connectivity index (χ3v) is 3.47. The highest BCUT2D eigenvalue weighted by Gasteiger charge is 2.24. The zero-order valence-electron chi connectivity index (χ0n) is 8.66. The zero-order chi connectivity index (χ0) is 10.8. The summed E-state index contributed by atoms with van der Waals surface area (Å²) >= 11 is 6.20. The van der Waals surface area contributed by atoms with Gasteiger partial charge in [-0.15, -0.1) is 11.6 Å². The van der Waals surface area contributed by atoms with Crippen molar-refractivity contribution in [2.75, 3.05) is 18.0 Å². The van der Waals surface area contributed by atoms with Gasteiger partial charge in [0.25, 0.3) is 0 Å². The van der Waals surface area contributed by atoms with Gasteiger partial charge in [0.15, 0.2) is 0 Å². The lowest BCUT2D eigenvalue weighted by Crippen LogP contribution is -2.40. The second-order valence-corrected chi connectivity index (χ2v) is 4.62. The van der Waals surface area contributed by atoms with E-state index in [2.05, 4.69) is 16.8 Å². The van der Waals surface area contributed by atoms with E-state index < -0.39 is 0 Å². The fourth-order valence-corrected chi connectivity index (χ4v) is 2.08. The van der Waals surface area contributed by atoms with E-state index in [9.17, 15) is 4.39 Å². The first kappa shape index (κ1) is 10.7. The van der Waals surface area contributed by atoms with Crippen molar-refractivity contribution in [2.45, 2.75) is 18.7 Å². The van der Waals surface area contributed by atoms with Crippen LogP contribution in [0.15, 0.2) is 18.3 Å². The first-order valence-corrected chi connectivity index (χ1v) is 5.61. The van der Waals surface area contributed by atoms with Crippen LogP contribution in [0.3, 0.4) is 0 Å². The summed E-state index contributed by atoms with van der Waals surface area (Å²) in [6, 6.07) is 3.14. The molecule has 0 bridgehead atoms. The molecule has 0 N–H and O–H groups in total. The molecule has 2 heterocycles. The molecule has 0 aliphatic carbocycles. The largest absolute Gasteiger partial charge is 0.355 e. The molecular formula is C11H14ClFN2. The molecule has 4 heteroatoms. The Morgan fingerprint density at radius 1 is 1.53 bits per heavy atom. The van der Waals surface area contributed by atoms with Gasteiger partial charge in [-0.25, -0.2) is 9.37 Å². The van der Waals surface area contributed by atoms with Crippen LogP contribution in [0, 0.1) is 11.7 Å². The van der Waals surface area contributed by atoms with Crippen molar-refractivity contribution < 1.29 is 4.39 Å². The molecule has 1 saturated heterocycles. The Morgan fingerprint density at radius 3 is 2.93 bits per heavy atom. The van der Waals surface area contributed by atoms with E-state index in [4.69, 9.17) is 11.6 Å². The van der Waals surface area contributed by atoms with Gasteiger partial charge in [0, 0.05) is 13.1 Å². The van der Waals surface area contributed by atoms with Gasteiger partial charge in [0.2, 0.25) is 0 Å². The van der Waals surface area contributed by atoms with E-state index in [0.717, 1.165) is 25.3 Å². The molecule has 2 atom stereocenters. The van der Waals surface area contributed by atoms with Gasteiger partial charge in [-0.3, -0.25) is 0 Å².